The van der Waals surface area contributed by atoms with Crippen LogP contribution >= 0.6 is 12.2 Å². The highest BCUT2D eigenvalue weighted by atomic mass is 32.1. The molecule has 0 saturated carbocycles. The monoisotopic (exact) mass is 316 g/mol. The number of rotatable bonds is 4. The van der Waals surface area contributed by atoms with Gasteiger partial charge < -0.3 is 20.1 Å². The summed E-state index contributed by atoms with van der Waals surface area (Å²) in [4.78, 5) is 2.02. The normalized spacial score (nSPS) is 18.7. The van der Waals surface area contributed by atoms with E-state index in [1.54, 1.807) is 12.1 Å². The van der Waals surface area contributed by atoms with Gasteiger partial charge in [-0.25, -0.2) is 0 Å². The number of aliphatic hydroxyl groups excluding tert-OH is 1. The van der Waals surface area contributed by atoms with E-state index in [1.807, 2.05) is 4.90 Å². The minimum Gasteiger partial charge on any atom is -0.435 e. The number of hydrogen-bond acceptors (Lipinski definition) is 3. The Morgan fingerprint density at radius 3 is 2.76 bits per heavy atom. The van der Waals surface area contributed by atoms with Crippen LogP contribution in [0, 0.1) is 5.92 Å². The predicted molar refractivity (Wildman–Crippen MR) is 80.7 cm³/mol. The largest absolute Gasteiger partial charge is 0.435 e. The first-order valence-electron chi connectivity index (χ1n) is 6.80. The average molecular weight is 316 g/mol. The third kappa shape index (κ3) is 4.78. The van der Waals surface area contributed by atoms with Gasteiger partial charge in [0.1, 0.15) is 5.75 Å². The minimum atomic E-state index is -2.83. The molecular formula is C14H18F2N2O2S. The summed E-state index contributed by atoms with van der Waals surface area (Å²) in [5.41, 5.74) is 0.715. The molecule has 1 heterocycles. The number of halogens is 2. The van der Waals surface area contributed by atoms with Crippen LogP contribution < -0.4 is 10.1 Å². The lowest BCUT2D eigenvalue weighted by Gasteiger charge is -2.33. The van der Waals surface area contributed by atoms with Gasteiger partial charge in [-0.05, 0) is 55.2 Å². The van der Waals surface area contributed by atoms with Gasteiger partial charge in [-0.1, -0.05) is 0 Å². The molecule has 1 aliphatic rings. The van der Waals surface area contributed by atoms with Crippen molar-refractivity contribution < 1.29 is 18.6 Å². The second-order valence-electron chi connectivity index (χ2n) is 4.97. The highest BCUT2D eigenvalue weighted by Crippen LogP contribution is 2.20. The number of nitrogens with one attached hydrogen (secondary N) is 1. The van der Waals surface area contributed by atoms with Crippen molar-refractivity contribution in [1.82, 2.24) is 4.90 Å². The summed E-state index contributed by atoms with van der Waals surface area (Å²) >= 11 is 5.34. The van der Waals surface area contributed by atoms with Gasteiger partial charge in [-0.3, -0.25) is 0 Å². The number of piperidine rings is 1. The number of ether oxygens (including phenoxy) is 1. The Morgan fingerprint density at radius 1 is 1.43 bits per heavy atom. The maximum atomic E-state index is 12.1. The number of thiocarbonyl (C=S) groups is 1. The second kappa shape index (κ2) is 7.51. The molecule has 1 aromatic rings. The lowest BCUT2D eigenvalue weighted by molar-refractivity contribution is -0.0498. The van der Waals surface area contributed by atoms with Gasteiger partial charge in [0, 0.05) is 25.4 Å². The lowest BCUT2D eigenvalue weighted by atomic mass is 9.99. The van der Waals surface area contributed by atoms with Crippen LogP contribution in [-0.4, -0.2) is 41.4 Å². The highest BCUT2D eigenvalue weighted by Gasteiger charge is 2.21. The summed E-state index contributed by atoms with van der Waals surface area (Å²) in [6.45, 7) is -1.07. The smallest absolute Gasteiger partial charge is 0.387 e. The van der Waals surface area contributed by atoms with Gasteiger partial charge in [0.05, 0.1) is 0 Å². The summed E-state index contributed by atoms with van der Waals surface area (Å²) in [6, 6.07) is 6.20. The highest BCUT2D eigenvalue weighted by molar-refractivity contribution is 7.80. The van der Waals surface area contributed by atoms with Crippen molar-refractivity contribution in [2.45, 2.75) is 19.5 Å². The number of nitrogens with zero attached hydrogens (tertiary/aromatic N) is 1. The molecule has 0 aliphatic carbocycles. The Kier molecular flexibility index (Phi) is 5.69. The molecule has 0 unspecified atom stereocenters. The molecule has 0 radical (unpaired) electrons. The maximum absolute atomic E-state index is 12.1. The molecule has 0 bridgehead atoms. The molecule has 0 aromatic heterocycles. The summed E-state index contributed by atoms with van der Waals surface area (Å²) in [6.07, 6.45) is 2.00. The van der Waals surface area contributed by atoms with E-state index in [0.29, 0.717) is 10.8 Å². The number of aliphatic hydroxyl groups is 1. The molecule has 1 atom stereocenters. The first kappa shape index (κ1) is 15.9. The van der Waals surface area contributed by atoms with Crippen molar-refractivity contribution in [3.8, 4) is 5.75 Å². The number of benzene rings is 1. The van der Waals surface area contributed by atoms with Gasteiger partial charge in [-0.15, -0.1) is 0 Å². The van der Waals surface area contributed by atoms with Gasteiger partial charge >= 0.3 is 6.61 Å². The molecule has 1 saturated heterocycles. The predicted octanol–water partition coefficient (Wildman–Crippen LogP) is 2.69. The van der Waals surface area contributed by atoms with Gasteiger partial charge in [0.2, 0.25) is 0 Å². The molecule has 1 aliphatic heterocycles. The number of alkyl halides is 2. The molecule has 0 spiro atoms. The molecular weight excluding hydrogens is 298 g/mol. The van der Waals surface area contributed by atoms with E-state index in [0.717, 1.165) is 25.9 Å². The van der Waals surface area contributed by atoms with Crippen LogP contribution in [0.2, 0.25) is 0 Å². The molecule has 4 nitrogen and oxygen atoms in total. The van der Waals surface area contributed by atoms with E-state index in [4.69, 9.17) is 12.2 Å². The van der Waals surface area contributed by atoms with Crippen molar-refractivity contribution in [3.05, 3.63) is 24.3 Å². The summed E-state index contributed by atoms with van der Waals surface area (Å²) in [7, 11) is 0. The zero-order valence-corrected chi connectivity index (χ0v) is 12.3. The Bertz CT molecular complexity index is 471. The van der Waals surface area contributed by atoms with E-state index in [-0.39, 0.29) is 18.3 Å². The van der Waals surface area contributed by atoms with Gasteiger partial charge in [0.25, 0.3) is 0 Å². The molecule has 0 amide bonds. The van der Waals surface area contributed by atoms with Crippen LogP contribution in [0.25, 0.3) is 0 Å². The molecule has 2 rings (SSSR count). The molecule has 116 valence electrons. The van der Waals surface area contributed by atoms with E-state index >= 15 is 0 Å². The zero-order valence-electron chi connectivity index (χ0n) is 11.5. The number of hydrogen-bond donors (Lipinski definition) is 2. The molecule has 7 heteroatoms. The molecule has 1 aromatic carbocycles. The quantitative estimate of drug-likeness (QED) is 0.836. The van der Waals surface area contributed by atoms with E-state index in [9.17, 15) is 13.9 Å². The van der Waals surface area contributed by atoms with E-state index in [2.05, 4.69) is 10.1 Å². The zero-order chi connectivity index (χ0) is 15.2. The fourth-order valence-electron chi connectivity index (χ4n) is 2.32. The first-order chi connectivity index (χ1) is 10.1. The topological polar surface area (TPSA) is 44.7 Å². The number of anilines is 1. The standard InChI is InChI=1S/C14H18F2N2O2S/c15-13(16)20-12-5-3-11(4-6-12)17-14(21)18-7-1-2-10(8-18)9-19/h3-6,10,13,19H,1-2,7-9H2,(H,17,21)/t10-/m0/s1. The van der Waals surface area contributed by atoms with E-state index in [1.165, 1.54) is 12.1 Å². The molecule has 21 heavy (non-hydrogen) atoms. The number of likely N-dealkylation sites (tertiary alicyclic amines) is 1. The average Bonchev–Trinajstić information content (AvgIpc) is 2.49. The van der Waals surface area contributed by atoms with Crippen molar-refractivity contribution in [2.75, 3.05) is 25.0 Å². The fourth-order valence-corrected chi connectivity index (χ4v) is 2.60. The second-order valence-corrected chi connectivity index (χ2v) is 5.36. The molecule has 1 fully saturated rings. The third-order valence-corrected chi connectivity index (χ3v) is 3.76. The SMILES string of the molecule is OC[C@H]1CCCN(C(=S)Nc2ccc(OC(F)F)cc2)C1. The van der Waals surface area contributed by atoms with Crippen molar-refractivity contribution in [3.63, 3.8) is 0 Å². The summed E-state index contributed by atoms with van der Waals surface area (Å²) < 4.78 is 28.4. The fraction of sp³-hybridized carbons (Fsp3) is 0.500. The Morgan fingerprint density at radius 2 is 2.14 bits per heavy atom. The van der Waals surface area contributed by atoms with Gasteiger partial charge in [-0.2, -0.15) is 8.78 Å². The Hall–Kier alpha value is -1.47. The van der Waals surface area contributed by atoms with Gasteiger partial charge in [0.15, 0.2) is 5.11 Å². The van der Waals surface area contributed by atoms with E-state index < -0.39 is 6.61 Å². The van der Waals surface area contributed by atoms with Crippen LogP contribution in [0.15, 0.2) is 24.3 Å². The lowest BCUT2D eigenvalue weighted by Crippen LogP contribution is -2.43. The Balaban J connectivity index is 1.90. The first-order valence-corrected chi connectivity index (χ1v) is 7.21. The summed E-state index contributed by atoms with van der Waals surface area (Å²) in [5.74, 6) is 0.361. The van der Waals surface area contributed by atoms with Crippen LogP contribution in [0.1, 0.15) is 12.8 Å². The molecule has 2 N–H and O–H groups in total. The van der Waals surface area contributed by atoms with Crippen LogP contribution in [-0.2, 0) is 0 Å². The van der Waals surface area contributed by atoms with Crippen molar-refractivity contribution in [1.29, 1.82) is 0 Å². The van der Waals surface area contributed by atoms with Crippen molar-refractivity contribution in [2.24, 2.45) is 5.92 Å². The maximum Gasteiger partial charge on any atom is 0.387 e. The van der Waals surface area contributed by atoms with Crippen LogP contribution in [0.3, 0.4) is 0 Å². The Labute approximate surface area is 127 Å². The van der Waals surface area contributed by atoms with Crippen LogP contribution in [0.5, 0.6) is 5.75 Å². The minimum absolute atomic E-state index is 0.111. The van der Waals surface area contributed by atoms with Crippen molar-refractivity contribution >= 4 is 23.0 Å². The third-order valence-electron chi connectivity index (χ3n) is 3.40. The van der Waals surface area contributed by atoms with Crippen LogP contribution in [0.4, 0.5) is 14.5 Å². The summed E-state index contributed by atoms with van der Waals surface area (Å²) in [5, 5.41) is 12.9.